The number of ether oxygens (including phenoxy) is 2. The number of esters is 1. The zero-order valence-corrected chi connectivity index (χ0v) is 13.9. The van der Waals surface area contributed by atoms with Gasteiger partial charge in [0.2, 0.25) is 5.91 Å². The van der Waals surface area contributed by atoms with Crippen molar-refractivity contribution in [3.63, 3.8) is 0 Å². The van der Waals surface area contributed by atoms with Gasteiger partial charge < -0.3 is 14.8 Å². The van der Waals surface area contributed by atoms with Crippen LogP contribution in [0.1, 0.15) is 31.1 Å². The van der Waals surface area contributed by atoms with E-state index in [1.165, 1.54) is 0 Å². The average molecular weight is 320 g/mol. The fourth-order valence-corrected chi connectivity index (χ4v) is 2.72. The Hall–Kier alpha value is -1.92. The summed E-state index contributed by atoms with van der Waals surface area (Å²) in [5.74, 6) is -0.433. The van der Waals surface area contributed by atoms with Crippen LogP contribution in [0.15, 0.2) is 24.3 Å². The Morgan fingerprint density at radius 1 is 1.22 bits per heavy atom. The topological polar surface area (TPSA) is 67.9 Å². The highest BCUT2D eigenvalue weighted by atomic mass is 16.5. The highest BCUT2D eigenvalue weighted by Crippen LogP contribution is 2.13. The molecule has 0 spiro atoms. The van der Waals surface area contributed by atoms with Crippen molar-refractivity contribution in [2.75, 3.05) is 31.6 Å². The Labute approximate surface area is 136 Å². The number of nitrogens with one attached hydrogen (secondary N) is 1. The first kappa shape index (κ1) is 17.4. The summed E-state index contributed by atoms with van der Waals surface area (Å²) in [4.78, 5) is 25.8. The summed E-state index contributed by atoms with van der Waals surface area (Å²) in [6.07, 6.45) is 0.269. The second-order valence-electron chi connectivity index (χ2n) is 5.80. The quantitative estimate of drug-likeness (QED) is 0.840. The van der Waals surface area contributed by atoms with Gasteiger partial charge >= 0.3 is 5.97 Å². The van der Waals surface area contributed by atoms with Crippen molar-refractivity contribution in [2.24, 2.45) is 0 Å². The molecule has 6 nitrogen and oxygen atoms in total. The molecule has 0 bridgehead atoms. The Morgan fingerprint density at radius 3 is 2.39 bits per heavy atom. The van der Waals surface area contributed by atoms with Crippen LogP contribution in [0.5, 0.6) is 0 Å². The Bertz CT molecular complexity index is 534. The van der Waals surface area contributed by atoms with Crippen LogP contribution < -0.4 is 5.32 Å². The van der Waals surface area contributed by atoms with E-state index >= 15 is 0 Å². The Morgan fingerprint density at radius 2 is 1.83 bits per heavy atom. The first-order valence-corrected chi connectivity index (χ1v) is 7.92. The third-order valence-electron chi connectivity index (χ3n) is 3.54. The summed E-state index contributed by atoms with van der Waals surface area (Å²) >= 11 is 0. The van der Waals surface area contributed by atoms with E-state index < -0.39 is 0 Å². The second-order valence-corrected chi connectivity index (χ2v) is 5.80. The molecule has 0 aliphatic carbocycles. The van der Waals surface area contributed by atoms with Crippen LogP contribution in [-0.2, 0) is 14.3 Å². The van der Waals surface area contributed by atoms with E-state index in [1.54, 1.807) is 31.2 Å². The molecule has 0 aromatic heterocycles. The summed E-state index contributed by atoms with van der Waals surface area (Å²) in [6, 6.07) is 6.70. The van der Waals surface area contributed by atoms with Gasteiger partial charge in [0.15, 0.2) is 0 Å². The number of hydrogen-bond donors (Lipinski definition) is 1. The number of nitrogens with zero attached hydrogens (tertiary/aromatic N) is 1. The molecule has 1 fully saturated rings. The number of benzene rings is 1. The van der Waals surface area contributed by atoms with E-state index in [1.807, 2.05) is 13.8 Å². The van der Waals surface area contributed by atoms with E-state index in [0.717, 1.165) is 13.1 Å². The number of carbonyl (C=O) groups is 2. The molecule has 1 saturated heterocycles. The van der Waals surface area contributed by atoms with Crippen molar-refractivity contribution in [3.8, 4) is 0 Å². The molecular weight excluding hydrogens is 296 g/mol. The molecule has 23 heavy (non-hydrogen) atoms. The third kappa shape index (κ3) is 5.33. The molecule has 1 aromatic rings. The molecule has 1 aromatic carbocycles. The molecule has 1 aliphatic heterocycles. The van der Waals surface area contributed by atoms with Gasteiger partial charge in [-0.25, -0.2) is 4.79 Å². The van der Waals surface area contributed by atoms with Gasteiger partial charge in [-0.15, -0.1) is 0 Å². The molecule has 1 amide bonds. The standard InChI is InChI=1S/C17H24N2O4/c1-4-22-17(21)14-5-7-15(8-6-14)18-16(20)11-19-9-12(2)23-13(3)10-19/h5-8,12-13H,4,9-11H2,1-3H3,(H,18,20). The van der Waals surface area contributed by atoms with Gasteiger partial charge in [-0.3, -0.25) is 9.69 Å². The zero-order chi connectivity index (χ0) is 16.8. The molecule has 2 unspecified atom stereocenters. The van der Waals surface area contributed by atoms with Crippen LogP contribution in [0, 0.1) is 0 Å². The predicted molar refractivity (Wildman–Crippen MR) is 87.5 cm³/mol. The van der Waals surface area contributed by atoms with Gasteiger partial charge in [0.05, 0.1) is 30.9 Å². The van der Waals surface area contributed by atoms with Crippen LogP contribution in [0.3, 0.4) is 0 Å². The van der Waals surface area contributed by atoms with Crippen molar-refractivity contribution in [1.82, 2.24) is 4.90 Å². The molecule has 0 radical (unpaired) electrons. The van der Waals surface area contributed by atoms with E-state index in [-0.39, 0.29) is 24.1 Å². The maximum absolute atomic E-state index is 12.1. The van der Waals surface area contributed by atoms with Crippen molar-refractivity contribution >= 4 is 17.6 Å². The number of hydrogen-bond acceptors (Lipinski definition) is 5. The molecule has 0 saturated carbocycles. The van der Waals surface area contributed by atoms with Crippen LogP contribution in [-0.4, -0.2) is 55.2 Å². The van der Waals surface area contributed by atoms with Crippen molar-refractivity contribution in [2.45, 2.75) is 33.0 Å². The van der Waals surface area contributed by atoms with Crippen LogP contribution in [0.4, 0.5) is 5.69 Å². The summed E-state index contributed by atoms with van der Waals surface area (Å²) < 4.78 is 10.6. The van der Waals surface area contributed by atoms with Crippen LogP contribution in [0.25, 0.3) is 0 Å². The number of anilines is 1. The minimum Gasteiger partial charge on any atom is -0.462 e. The molecule has 126 valence electrons. The average Bonchev–Trinajstić information content (AvgIpc) is 2.47. The maximum Gasteiger partial charge on any atom is 0.338 e. The van der Waals surface area contributed by atoms with E-state index in [2.05, 4.69) is 10.2 Å². The van der Waals surface area contributed by atoms with Crippen LogP contribution in [0.2, 0.25) is 0 Å². The van der Waals surface area contributed by atoms with Gasteiger partial charge in [-0.1, -0.05) is 0 Å². The highest BCUT2D eigenvalue weighted by molar-refractivity contribution is 5.94. The van der Waals surface area contributed by atoms with Gasteiger partial charge in [0.1, 0.15) is 0 Å². The van der Waals surface area contributed by atoms with E-state index in [0.29, 0.717) is 24.4 Å². The lowest BCUT2D eigenvalue weighted by Gasteiger charge is -2.34. The molecule has 1 aliphatic rings. The molecule has 2 atom stereocenters. The van der Waals surface area contributed by atoms with Crippen LogP contribution >= 0.6 is 0 Å². The highest BCUT2D eigenvalue weighted by Gasteiger charge is 2.23. The Balaban J connectivity index is 1.86. The largest absolute Gasteiger partial charge is 0.462 e. The SMILES string of the molecule is CCOC(=O)c1ccc(NC(=O)CN2CC(C)OC(C)C2)cc1. The zero-order valence-electron chi connectivity index (χ0n) is 13.9. The minimum atomic E-state index is -0.360. The predicted octanol–water partition coefficient (Wildman–Crippen LogP) is 1.91. The van der Waals surface area contributed by atoms with Gasteiger partial charge in [-0.2, -0.15) is 0 Å². The third-order valence-corrected chi connectivity index (χ3v) is 3.54. The first-order valence-electron chi connectivity index (χ1n) is 7.92. The monoisotopic (exact) mass is 320 g/mol. The van der Waals surface area contributed by atoms with Crippen molar-refractivity contribution < 1.29 is 19.1 Å². The van der Waals surface area contributed by atoms with Gasteiger partial charge in [0.25, 0.3) is 0 Å². The number of rotatable bonds is 5. The van der Waals surface area contributed by atoms with Crippen molar-refractivity contribution in [1.29, 1.82) is 0 Å². The van der Waals surface area contributed by atoms with Gasteiger partial charge in [-0.05, 0) is 45.0 Å². The molecule has 6 heteroatoms. The summed E-state index contributed by atoms with van der Waals surface area (Å²) in [7, 11) is 0. The maximum atomic E-state index is 12.1. The lowest BCUT2D eigenvalue weighted by molar-refractivity contribution is -0.121. The van der Waals surface area contributed by atoms with E-state index in [4.69, 9.17) is 9.47 Å². The molecule has 1 heterocycles. The summed E-state index contributed by atoms with van der Waals surface area (Å²) in [6.45, 7) is 7.95. The summed E-state index contributed by atoms with van der Waals surface area (Å²) in [5, 5.41) is 2.84. The van der Waals surface area contributed by atoms with Gasteiger partial charge in [0, 0.05) is 18.8 Å². The number of amides is 1. The fraction of sp³-hybridized carbons (Fsp3) is 0.529. The lowest BCUT2D eigenvalue weighted by atomic mass is 10.2. The first-order chi connectivity index (χ1) is 11.0. The van der Waals surface area contributed by atoms with E-state index in [9.17, 15) is 9.59 Å². The molecule has 2 rings (SSSR count). The minimum absolute atomic E-state index is 0.0739. The normalized spacial score (nSPS) is 21.7. The number of carbonyl (C=O) groups excluding carboxylic acids is 2. The molecule has 1 N–H and O–H groups in total. The van der Waals surface area contributed by atoms with Crippen molar-refractivity contribution in [3.05, 3.63) is 29.8 Å². The summed E-state index contributed by atoms with van der Waals surface area (Å²) in [5.41, 5.74) is 1.14. The second kappa shape index (κ2) is 8.08. The lowest BCUT2D eigenvalue weighted by Crippen LogP contribution is -2.48. The Kier molecular flexibility index (Phi) is 6.12. The smallest absolute Gasteiger partial charge is 0.338 e. The fourth-order valence-electron chi connectivity index (χ4n) is 2.72. The molecular formula is C17H24N2O4. The number of morpholine rings is 1.